The zero-order valence-corrected chi connectivity index (χ0v) is 18.9. The van der Waals surface area contributed by atoms with Crippen LogP contribution in [0.15, 0.2) is 47.6 Å². The largest absolute Gasteiger partial charge is 0.372 e. The summed E-state index contributed by atoms with van der Waals surface area (Å²) in [6.07, 6.45) is 5.12. The molecule has 2 aromatic carbocycles. The fourth-order valence-electron chi connectivity index (χ4n) is 3.70. The maximum Gasteiger partial charge on any atom is 0.234 e. The molecule has 31 heavy (non-hydrogen) atoms. The number of aromatic nitrogens is 4. The van der Waals surface area contributed by atoms with Gasteiger partial charge >= 0.3 is 0 Å². The molecule has 0 bridgehead atoms. The van der Waals surface area contributed by atoms with Crippen molar-refractivity contribution in [3.8, 4) is 5.69 Å². The number of hydrogen-bond donors (Lipinski definition) is 1. The number of nitrogens with one attached hydrogen (secondary N) is 1. The molecule has 2 heterocycles. The Kier molecular flexibility index (Phi) is 6.86. The molecule has 0 unspecified atom stereocenters. The zero-order chi connectivity index (χ0) is 21.6. The first-order valence-corrected chi connectivity index (χ1v) is 11.7. The van der Waals surface area contributed by atoms with E-state index in [1.807, 2.05) is 30.3 Å². The van der Waals surface area contributed by atoms with Crippen LogP contribution in [-0.2, 0) is 4.79 Å². The topological polar surface area (TPSA) is 75.9 Å². The number of carbonyl (C=O) groups excluding carboxylic acids is 1. The van der Waals surface area contributed by atoms with Gasteiger partial charge in [-0.1, -0.05) is 30.7 Å². The molecule has 0 radical (unpaired) electrons. The van der Waals surface area contributed by atoms with Crippen molar-refractivity contribution in [1.82, 2.24) is 20.2 Å². The molecular weight excluding hydrogens is 408 g/mol. The van der Waals surface area contributed by atoms with E-state index >= 15 is 0 Å². The molecule has 1 aliphatic rings. The predicted molar refractivity (Wildman–Crippen MR) is 125 cm³/mol. The molecule has 1 aromatic heterocycles. The van der Waals surface area contributed by atoms with E-state index in [0.717, 1.165) is 24.5 Å². The number of anilines is 2. The van der Waals surface area contributed by atoms with Gasteiger partial charge in [0, 0.05) is 24.5 Å². The molecule has 1 fully saturated rings. The predicted octanol–water partition coefficient (Wildman–Crippen LogP) is 4.39. The quantitative estimate of drug-likeness (QED) is 0.578. The van der Waals surface area contributed by atoms with Crippen molar-refractivity contribution in [2.24, 2.45) is 0 Å². The van der Waals surface area contributed by atoms with Crippen molar-refractivity contribution in [2.45, 2.75) is 44.7 Å². The summed E-state index contributed by atoms with van der Waals surface area (Å²) in [7, 11) is 0. The molecule has 0 spiro atoms. The number of hydrogen-bond acceptors (Lipinski definition) is 6. The second kappa shape index (κ2) is 9.96. The maximum atomic E-state index is 12.5. The minimum atomic E-state index is -0.0813. The highest BCUT2D eigenvalue weighted by Crippen LogP contribution is 2.23. The normalized spacial score (nSPS) is 14.3. The SMILES string of the molecule is Cc1ccc(-n2nnnc2SCC(=O)Nc2ccc(N3CCCCCC3)cc2)cc1C. The first kappa shape index (κ1) is 21.4. The van der Waals surface area contributed by atoms with Crippen LogP contribution in [0, 0.1) is 13.8 Å². The minimum absolute atomic E-state index is 0.0813. The Morgan fingerprint density at radius 3 is 2.39 bits per heavy atom. The van der Waals surface area contributed by atoms with Gasteiger partial charge in [-0.3, -0.25) is 4.79 Å². The lowest BCUT2D eigenvalue weighted by Gasteiger charge is -2.22. The van der Waals surface area contributed by atoms with Crippen molar-refractivity contribution in [1.29, 1.82) is 0 Å². The number of tetrazole rings is 1. The molecule has 0 atom stereocenters. The average molecular weight is 437 g/mol. The van der Waals surface area contributed by atoms with E-state index in [1.54, 1.807) is 4.68 Å². The standard InChI is InChI=1S/C23H28N6OS/c1-17-7-10-21(15-18(17)2)29-23(25-26-27-29)31-16-22(30)24-19-8-11-20(12-9-19)28-13-5-3-4-6-14-28/h7-12,15H,3-6,13-14,16H2,1-2H3,(H,24,30). The van der Waals surface area contributed by atoms with Crippen LogP contribution in [0.1, 0.15) is 36.8 Å². The molecule has 1 aliphatic heterocycles. The van der Waals surface area contributed by atoms with Crippen molar-refractivity contribution < 1.29 is 4.79 Å². The lowest BCUT2D eigenvalue weighted by molar-refractivity contribution is -0.113. The van der Waals surface area contributed by atoms with Gasteiger partial charge in [0.15, 0.2) is 0 Å². The van der Waals surface area contributed by atoms with Crippen molar-refractivity contribution in [3.63, 3.8) is 0 Å². The number of carbonyl (C=O) groups is 1. The van der Waals surface area contributed by atoms with E-state index in [-0.39, 0.29) is 11.7 Å². The highest BCUT2D eigenvalue weighted by atomic mass is 32.2. The number of rotatable bonds is 6. The molecule has 1 N–H and O–H groups in total. The van der Waals surface area contributed by atoms with Crippen LogP contribution in [0.25, 0.3) is 5.69 Å². The summed E-state index contributed by atoms with van der Waals surface area (Å²) in [5.41, 5.74) is 5.30. The highest BCUT2D eigenvalue weighted by Gasteiger charge is 2.13. The minimum Gasteiger partial charge on any atom is -0.372 e. The van der Waals surface area contributed by atoms with Crippen LogP contribution in [0.4, 0.5) is 11.4 Å². The average Bonchev–Trinajstić information content (AvgIpc) is 3.07. The lowest BCUT2D eigenvalue weighted by atomic mass is 10.1. The molecule has 7 nitrogen and oxygen atoms in total. The van der Waals surface area contributed by atoms with E-state index in [4.69, 9.17) is 0 Å². The van der Waals surface area contributed by atoms with Gasteiger partial charge in [-0.25, -0.2) is 0 Å². The van der Waals surface area contributed by atoms with Gasteiger partial charge in [0.25, 0.3) is 0 Å². The Labute approximate surface area is 187 Å². The van der Waals surface area contributed by atoms with E-state index in [2.05, 4.69) is 51.7 Å². The van der Waals surface area contributed by atoms with Crippen molar-refractivity contribution in [3.05, 3.63) is 53.6 Å². The summed E-state index contributed by atoms with van der Waals surface area (Å²) in [4.78, 5) is 14.9. The molecule has 1 saturated heterocycles. The summed E-state index contributed by atoms with van der Waals surface area (Å²) in [6.45, 7) is 6.34. The second-order valence-corrected chi connectivity index (χ2v) is 8.87. The van der Waals surface area contributed by atoms with Crippen LogP contribution in [0.2, 0.25) is 0 Å². The fourth-order valence-corrected chi connectivity index (χ4v) is 4.39. The van der Waals surface area contributed by atoms with Gasteiger partial charge in [0.2, 0.25) is 11.1 Å². The van der Waals surface area contributed by atoms with Gasteiger partial charge < -0.3 is 10.2 Å². The molecule has 4 rings (SSSR count). The molecule has 1 amide bonds. The Balaban J connectivity index is 1.34. The Bertz CT molecular complexity index is 1020. The number of thioether (sulfide) groups is 1. The number of nitrogens with zero attached hydrogens (tertiary/aromatic N) is 5. The van der Waals surface area contributed by atoms with Crippen molar-refractivity contribution in [2.75, 3.05) is 29.1 Å². The fraction of sp³-hybridized carbons (Fsp3) is 0.391. The Morgan fingerprint density at radius 2 is 1.68 bits per heavy atom. The van der Waals surface area contributed by atoms with Crippen LogP contribution in [-0.4, -0.2) is 45.0 Å². The Morgan fingerprint density at radius 1 is 0.968 bits per heavy atom. The third-order valence-corrected chi connectivity index (χ3v) is 6.55. The van der Waals surface area contributed by atoms with Crippen LogP contribution < -0.4 is 10.2 Å². The monoisotopic (exact) mass is 436 g/mol. The third kappa shape index (κ3) is 5.44. The summed E-state index contributed by atoms with van der Waals surface area (Å²) < 4.78 is 1.67. The van der Waals surface area contributed by atoms with E-state index in [9.17, 15) is 4.79 Å². The third-order valence-electron chi connectivity index (χ3n) is 5.63. The summed E-state index contributed by atoms with van der Waals surface area (Å²) in [5, 5.41) is 15.5. The van der Waals surface area contributed by atoms with Crippen LogP contribution in [0.3, 0.4) is 0 Å². The Hall–Kier alpha value is -2.87. The van der Waals surface area contributed by atoms with E-state index < -0.39 is 0 Å². The van der Waals surface area contributed by atoms with Gasteiger partial charge in [0.05, 0.1) is 11.4 Å². The highest BCUT2D eigenvalue weighted by molar-refractivity contribution is 7.99. The molecule has 3 aromatic rings. The zero-order valence-electron chi connectivity index (χ0n) is 18.0. The van der Waals surface area contributed by atoms with Gasteiger partial charge in [-0.05, 0) is 84.6 Å². The number of benzene rings is 2. The second-order valence-electron chi connectivity index (χ2n) is 7.93. The molecule has 8 heteroatoms. The lowest BCUT2D eigenvalue weighted by Crippen LogP contribution is -2.23. The van der Waals surface area contributed by atoms with E-state index in [0.29, 0.717) is 5.16 Å². The van der Waals surface area contributed by atoms with Crippen molar-refractivity contribution >= 4 is 29.0 Å². The first-order chi connectivity index (χ1) is 15.1. The first-order valence-electron chi connectivity index (χ1n) is 10.7. The van der Waals surface area contributed by atoms with Gasteiger partial charge in [-0.15, -0.1) is 5.10 Å². The van der Waals surface area contributed by atoms with Gasteiger partial charge in [0.1, 0.15) is 0 Å². The molecular formula is C23H28N6OS. The van der Waals surface area contributed by atoms with Crippen LogP contribution in [0.5, 0.6) is 0 Å². The number of aryl methyl sites for hydroxylation is 2. The summed E-state index contributed by atoms with van der Waals surface area (Å²) >= 11 is 1.32. The smallest absolute Gasteiger partial charge is 0.234 e. The van der Waals surface area contributed by atoms with E-state index in [1.165, 1.54) is 54.3 Å². The van der Waals surface area contributed by atoms with Crippen LogP contribution >= 0.6 is 11.8 Å². The van der Waals surface area contributed by atoms with Gasteiger partial charge in [-0.2, -0.15) is 4.68 Å². The summed E-state index contributed by atoms with van der Waals surface area (Å²) in [6, 6.07) is 14.2. The molecule has 0 saturated carbocycles. The summed E-state index contributed by atoms with van der Waals surface area (Å²) in [5.74, 6) is 0.154. The molecule has 162 valence electrons. The maximum absolute atomic E-state index is 12.5. The molecule has 0 aliphatic carbocycles. The number of amides is 1.